The summed E-state index contributed by atoms with van der Waals surface area (Å²) in [5, 5.41) is 6.83. The van der Waals surface area contributed by atoms with Gasteiger partial charge in [0.1, 0.15) is 6.54 Å². The Morgan fingerprint density at radius 3 is 2.44 bits per heavy atom. The van der Waals surface area contributed by atoms with E-state index in [1.807, 2.05) is 44.2 Å². The smallest absolute Gasteiger partial charge is 0.250 e. The molecule has 3 rings (SSSR count). The maximum atomic E-state index is 11.7. The van der Waals surface area contributed by atoms with Crippen molar-refractivity contribution in [3.8, 4) is 0 Å². The first-order chi connectivity index (χ1) is 12.8. The standard InChI is InChI=1S/C20H18Cl2N2O3/c1-20(2,14-7-15(21)10-16(22)8-14)13-4-3-12(11-23-26)17(9-13)19-24-18(25)5-6-27-19/h3-10,19H,11H2,1-2H3,(H,24,25). The molecule has 1 heterocycles. The number of amides is 1. The van der Waals surface area contributed by atoms with Gasteiger partial charge < -0.3 is 10.1 Å². The van der Waals surface area contributed by atoms with E-state index in [4.69, 9.17) is 27.9 Å². The van der Waals surface area contributed by atoms with Crippen molar-refractivity contribution in [3.63, 3.8) is 0 Å². The zero-order valence-corrected chi connectivity index (χ0v) is 16.3. The van der Waals surface area contributed by atoms with Crippen molar-refractivity contribution in [1.82, 2.24) is 5.32 Å². The lowest BCUT2D eigenvalue weighted by Gasteiger charge is -2.29. The first kappa shape index (κ1) is 19.4. The summed E-state index contributed by atoms with van der Waals surface area (Å²) in [6.07, 6.45) is 1.96. The quantitative estimate of drug-likeness (QED) is 0.692. The number of nitrogens with zero attached hydrogens (tertiary/aromatic N) is 1. The number of hydrogen-bond acceptors (Lipinski definition) is 4. The van der Waals surface area contributed by atoms with Gasteiger partial charge in [0.15, 0.2) is 6.23 Å². The zero-order valence-electron chi connectivity index (χ0n) is 14.8. The van der Waals surface area contributed by atoms with E-state index in [-0.39, 0.29) is 12.5 Å². The van der Waals surface area contributed by atoms with Gasteiger partial charge in [0.25, 0.3) is 0 Å². The molecule has 1 amide bonds. The average Bonchev–Trinajstić information content (AvgIpc) is 2.61. The van der Waals surface area contributed by atoms with Crippen molar-refractivity contribution in [2.45, 2.75) is 32.0 Å². The van der Waals surface area contributed by atoms with Crippen molar-refractivity contribution in [3.05, 3.63) is 85.9 Å². The number of carbonyl (C=O) groups is 1. The van der Waals surface area contributed by atoms with Crippen LogP contribution in [-0.2, 0) is 21.5 Å². The first-order valence-electron chi connectivity index (χ1n) is 8.33. The van der Waals surface area contributed by atoms with Crippen LogP contribution in [0.5, 0.6) is 0 Å². The SMILES string of the molecule is CC(C)(c1cc(Cl)cc(Cl)c1)c1ccc(CN=O)c(C2NC(=O)C=CO2)c1. The van der Waals surface area contributed by atoms with Crippen LogP contribution >= 0.6 is 23.2 Å². The number of benzene rings is 2. The van der Waals surface area contributed by atoms with Gasteiger partial charge in [-0.15, -0.1) is 0 Å². The van der Waals surface area contributed by atoms with Crippen LogP contribution in [-0.4, -0.2) is 5.91 Å². The second-order valence-corrected chi connectivity index (χ2v) is 7.68. The predicted molar refractivity (Wildman–Crippen MR) is 106 cm³/mol. The molecular formula is C20H18Cl2N2O3. The van der Waals surface area contributed by atoms with Crippen LogP contribution < -0.4 is 5.32 Å². The molecule has 27 heavy (non-hydrogen) atoms. The van der Waals surface area contributed by atoms with Crippen LogP contribution in [0.3, 0.4) is 0 Å². The highest BCUT2D eigenvalue weighted by atomic mass is 35.5. The van der Waals surface area contributed by atoms with Crippen LogP contribution in [0, 0.1) is 4.91 Å². The Balaban J connectivity index is 2.07. The molecule has 1 N–H and O–H groups in total. The van der Waals surface area contributed by atoms with Crippen molar-refractivity contribution in [1.29, 1.82) is 0 Å². The largest absolute Gasteiger partial charge is 0.474 e. The molecule has 0 radical (unpaired) electrons. The molecule has 0 bridgehead atoms. The predicted octanol–water partition coefficient (Wildman–Crippen LogP) is 5.24. The molecular weight excluding hydrogens is 387 g/mol. The fraction of sp³-hybridized carbons (Fsp3) is 0.250. The van der Waals surface area contributed by atoms with Gasteiger partial charge in [0.2, 0.25) is 5.91 Å². The lowest BCUT2D eigenvalue weighted by Crippen LogP contribution is -2.32. The summed E-state index contributed by atoms with van der Waals surface area (Å²) in [6.45, 7) is 4.08. The van der Waals surface area contributed by atoms with E-state index in [0.717, 1.165) is 11.1 Å². The average molecular weight is 405 g/mol. The number of nitrogens with one attached hydrogen (secondary N) is 1. The highest BCUT2D eigenvalue weighted by molar-refractivity contribution is 6.34. The molecule has 0 aromatic heterocycles. The summed E-state index contributed by atoms with van der Waals surface area (Å²) < 4.78 is 5.53. The van der Waals surface area contributed by atoms with E-state index in [1.165, 1.54) is 12.3 Å². The topological polar surface area (TPSA) is 67.8 Å². The van der Waals surface area contributed by atoms with Crippen molar-refractivity contribution >= 4 is 29.1 Å². The van der Waals surface area contributed by atoms with Gasteiger partial charge in [-0.2, -0.15) is 4.91 Å². The summed E-state index contributed by atoms with van der Waals surface area (Å²) in [5.74, 6) is -0.262. The van der Waals surface area contributed by atoms with Gasteiger partial charge in [-0.25, -0.2) is 0 Å². The zero-order chi connectivity index (χ0) is 19.6. The van der Waals surface area contributed by atoms with E-state index >= 15 is 0 Å². The lowest BCUT2D eigenvalue weighted by molar-refractivity contribution is -0.121. The third kappa shape index (κ3) is 4.15. The molecule has 1 aliphatic heterocycles. The fourth-order valence-corrected chi connectivity index (χ4v) is 3.59. The fourth-order valence-electron chi connectivity index (χ4n) is 3.06. The Bertz CT molecular complexity index is 905. The summed E-state index contributed by atoms with van der Waals surface area (Å²) in [5.41, 5.74) is 2.85. The Labute approximate surface area is 167 Å². The van der Waals surface area contributed by atoms with Gasteiger partial charge in [-0.05, 0) is 41.0 Å². The maximum absolute atomic E-state index is 11.7. The highest BCUT2D eigenvalue weighted by Gasteiger charge is 2.27. The van der Waals surface area contributed by atoms with E-state index in [1.54, 1.807) is 6.07 Å². The molecule has 1 aliphatic rings. The van der Waals surface area contributed by atoms with Crippen LogP contribution in [0.25, 0.3) is 0 Å². The van der Waals surface area contributed by atoms with E-state index in [2.05, 4.69) is 10.5 Å². The third-order valence-electron chi connectivity index (χ3n) is 4.68. The van der Waals surface area contributed by atoms with Gasteiger partial charge in [0, 0.05) is 27.1 Å². The minimum absolute atomic E-state index is 0.0154. The number of rotatable bonds is 5. The number of halogens is 2. The number of carbonyl (C=O) groups excluding carboxylic acids is 1. The van der Waals surface area contributed by atoms with E-state index in [0.29, 0.717) is 21.2 Å². The van der Waals surface area contributed by atoms with Gasteiger partial charge >= 0.3 is 0 Å². The van der Waals surface area contributed by atoms with E-state index < -0.39 is 11.6 Å². The molecule has 5 nitrogen and oxygen atoms in total. The molecule has 7 heteroatoms. The molecule has 0 spiro atoms. The van der Waals surface area contributed by atoms with Crippen LogP contribution in [0.15, 0.2) is 53.9 Å². The van der Waals surface area contributed by atoms with Gasteiger partial charge in [-0.3, -0.25) is 4.79 Å². The Morgan fingerprint density at radius 1 is 1.11 bits per heavy atom. The van der Waals surface area contributed by atoms with Crippen LogP contribution in [0.2, 0.25) is 10.0 Å². The summed E-state index contributed by atoms with van der Waals surface area (Å²) in [4.78, 5) is 22.5. The molecule has 1 unspecified atom stereocenters. The molecule has 0 fully saturated rings. The second-order valence-electron chi connectivity index (χ2n) is 6.81. The summed E-state index contributed by atoms with van der Waals surface area (Å²) in [7, 11) is 0. The second kappa shape index (κ2) is 7.71. The minimum atomic E-state index is -0.682. The van der Waals surface area contributed by atoms with Gasteiger partial charge in [0.05, 0.1) is 6.26 Å². The molecule has 1 atom stereocenters. The van der Waals surface area contributed by atoms with Crippen molar-refractivity contribution in [2.24, 2.45) is 5.18 Å². The number of nitroso groups, excluding NO2 is 1. The Kier molecular flexibility index (Phi) is 5.53. The number of ether oxygens (including phenoxy) is 1. The van der Waals surface area contributed by atoms with Gasteiger partial charge in [-0.1, -0.05) is 54.4 Å². The number of hydrogen-bond donors (Lipinski definition) is 1. The summed E-state index contributed by atoms with van der Waals surface area (Å²) >= 11 is 12.3. The Morgan fingerprint density at radius 2 is 1.81 bits per heavy atom. The molecule has 0 aliphatic carbocycles. The normalized spacial score (nSPS) is 16.6. The maximum Gasteiger partial charge on any atom is 0.250 e. The monoisotopic (exact) mass is 404 g/mol. The van der Waals surface area contributed by atoms with Crippen molar-refractivity contribution in [2.75, 3.05) is 0 Å². The molecule has 2 aromatic carbocycles. The third-order valence-corrected chi connectivity index (χ3v) is 5.11. The minimum Gasteiger partial charge on any atom is -0.474 e. The summed E-state index contributed by atoms with van der Waals surface area (Å²) in [6, 6.07) is 11.1. The van der Waals surface area contributed by atoms with E-state index in [9.17, 15) is 9.70 Å². The van der Waals surface area contributed by atoms with Crippen LogP contribution in [0.4, 0.5) is 0 Å². The van der Waals surface area contributed by atoms with Crippen molar-refractivity contribution < 1.29 is 9.53 Å². The molecule has 0 saturated heterocycles. The van der Waals surface area contributed by atoms with Crippen LogP contribution in [0.1, 0.15) is 42.3 Å². The molecule has 0 saturated carbocycles. The lowest BCUT2D eigenvalue weighted by atomic mass is 9.77. The molecule has 140 valence electrons. The highest BCUT2D eigenvalue weighted by Crippen LogP contribution is 2.37. The molecule has 2 aromatic rings. The Hall–Kier alpha value is -2.37. The first-order valence-corrected chi connectivity index (χ1v) is 9.08.